The van der Waals surface area contributed by atoms with E-state index in [-0.39, 0.29) is 17.1 Å². The number of hydrogen-bond acceptors (Lipinski definition) is 2. The van der Waals surface area contributed by atoms with Crippen LogP contribution < -0.4 is 0 Å². The highest BCUT2D eigenvalue weighted by Gasteiger charge is 2.80. The molecule has 4 fully saturated rings. The Bertz CT molecular complexity index is 362. The summed E-state index contributed by atoms with van der Waals surface area (Å²) >= 11 is 0. The molecular formula is C11H14O3. The van der Waals surface area contributed by atoms with Crippen molar-refractivity contribution in [2.75, 3.05) is 0 Å². The van der Waals surface area contributed by atoms with Gasteiger partial charge < -0.3 is 5.11 Å². The fourth-order valence-corrected chi connectivity index (χ4v) is 4.35. The van der Waals surface area contributed by atoms with Crippen molar-refractivity contribution in [1.29, 1.82) is 0 Å². The van der Waals surface area contributed by atoms with Crippen LogP contribution in [0.5, 0.6) is 0 Å². The lowest BCUT2D eigenvalue weighted by Crippen LogP contribution is -2.44. The average molecular weight is 194 g/mol. The Labute approximate surface area is 82.5 Å². The number of fused-ring (bicyclic) bond motifs is 1. The predicted octanol–water partition coefficient (Wildman–Crippen LogP) is 1.32. The summed E-state index contributed by atoms with van der Waals surface area (Å²) in [7, 11) is 0. The highest BCUT2D eigenvalue weighted by Crippen LogP contribution is 2.80. The van der Waals surface area contributed by atoms with Gasteiger partial charge in [0.2, 0.25) is 0 Å². The first-order valence-corrected chi connectivity index (χ1v) is 5.17. The maximum absolute atomic E-state index is 11.8. The minimum atomic E-state index is -0.767. The van der Waals surface area contributed by atoms with E-state index in [9.17, 15) is 14.7 Å². The molecule has 0 saturated heterocycles. The van der Waals surface area contributed by atoms with Crippen LogP contribution in [0.15, 0.2) is 0 Å². The van der Waals surface area contributed by atoms with Gasteiger partial charge >= 0.3 is 5.97 Å². The van der Waals surface area contributed by atoms with E-state index in [1.807, 2.05) is 6.92 Å². The van der Waals surface area contributed by atoms with Crippen LogP contribution in [0, 0.1) is 28.6 Å². The van der Waals surface area contributed by atoms with Gasteiger partial charge in [0.15, 0.2) is 0 Å². The fraction of sp³-hybridized carbons (Fsp3) is 0.818. The number of aliphatic carboxylic acids is 1. The van der Waals surface area contributed by atoms with Crippen LogP contribution in [0.1, 0.15) is 26.7 Å². The minimum absolute atomic E-state index is 0.172. The lowest BCUT2D eigenvalue weighted by atomic mass is 9.64. The fourth-order valence-electron chi connectivity index (χ4n) is 4.35. The second-order valence-corrected chi connectivity index (χ2v) is 5.68. The van der Waals surface area contributed by atoms with Crippen molar-refractivity contribution in [2.24, 2.45) is 28.6 Å². The molecular weight excluding hydrogens is 180 g/mol. The molecule has 4 bridgehead atoms. The maximum Gasteiger partial charge on any atom is 0.307 e. The number of carboxylic acid groups (broad SMARTS) is 1. The van der Waals surface area contributed by atoms with Crippen LogP contribution in [-0.4, -0.2) is 16.9 Å². The van der Waals surface area contributed by atoms with Crippen LogP contribution in [0.3, 0.4) is 0 Å². The molecule has 5 atom stereocenters. The van der Waals surface area contributed by atoms with Crippen molar-refractivity contribution in [2.45, 2.75) is 26.7 Å². The van der Waals surface area contributed by atoms with Gasteiger partial charge in [0.25, 0.3) is 0 Å². The Morgan fingerprint density at radius 1 is 1.50 bits per heavy atom. The first kappa shape index (κ1) is 8.45. The first-order valence-electron chi connectivity index (χ1n) is 5.17. The molecule has 0 aromatic carbocycles. The standard InChI is InChI=1S/C11H14O3/c1-10-4-11(2)6(12)3-5(10)7(10)8(11)9(13)14/h5,7-8H,3-4H2,1-2H3,(H,13,14)/t5-,7+,8-,10+,11+/m0/s1. The van der Waals surface area contributed by atoms with E-state index in [2.05, 4.69) is 6.92 Å². The summed E-state index contributed by atoms with van der Waals surface area (Å²) in [5.41, 5.74) is -0.383. The van der Waals surface area contributed by atoms with Gasteiger partial charge in [0.05, 0.1) is 5.92 Å². The molecule has 4 saturated carbocycles. The van der Waals surface area contributed by atoms with Crippen molar-refractivity contribution < 1.29 is 14.7 Å². The van der Waals surface area contributed by atoms with Gasteiger partial charge in [0, 0.05) is 11.8 Å². The molecule has 0 radical (unpaired) electrons. The minimum Gasteiger partial charge on any atom is -0.481 e. The lowest BCUT2D eigenvalue weighted by molar-refractivity contribution is -0.154. The molecule has 0 aliphatic heterocycles. The van der Waals surface area contributed by atoms with Crippen molar-refractivity contribution in [3.8, 4) is 0 Å². The van der Waals surface area contributed by atoms with E-state index in [4.69, 9.17) is 0 Å². The van der Waals surface area contributed by atoms with Crippen LogP contribution >= 0.6 is 0 Å². The van der Waals surface area contributed by atoms with Gasteiger partial charge in [-0.05, 0) is 23.7 Å². The Morgan fingerprint density at radius 2 is 2.14 bits per heavy atom. The zero-order valence-corrected chi connectivity index (χ0v) is 8.41. The second kappa shape index (κ2) is 1.90. The van der Waals surface area contributed by atoms with Gasteiger partial charge in [-0.15, -0.1) is 0 Å². The summed E-state index contributed by atoms with van der Waals surface area (Å²) in [5.74, 6) is -0.336. The van der Waals surface area contributed by atoms with E-state index >= 15 is 0 Å². The topological polar surface area (TPSA) is 54.4 Å². The Kier molecular flexibility index (Phi) is 1.15. The summed E-state index contributed by atoms with van der Waals surface area (Å²) in [5, 5.41) is 9.18. The first-order chi connectivity index (χ1) is 6.41. The molecule has 76 valence electrons. The SMILES string of the molecule is C[C@@]12C[C@]3(C)C(=O)C[C@H]1[C@@H]2[C@H]3C(=O)O. The molecule has 1 N–H and O–H groups in total. The molecule has 3 nitrogen and oxygen atoms in total. The zero-order valence-electron chi connectivity index (χ0n) is 8.41. The highest BCUT2D eigenvalue weighted by atomic mass is 16.4. The zero-order chi connectivity index (χ0) is 10.3. The lowest BCUT2D eigenvalue weighted by Gasteiger charge is -2.37. The van der Waals surface area contributed by atoms with Gasteiger partial charge in [-0.3, -0.25) is 9.59 Å². The normalized spacial score (nSPS) is 58.7. The van der Waals surface area contributed by atoms with Crippen LogP contribution in [-0.2, 0) is 9.59 Å². The Morgan fingerprint density at radius 3 is 2.64 bits per heavy atom. The summed E-state index contributed by atoms with van der Waals surface area (Å²) in [6.45, 7) is 4.00. The van der Waals surface area contributed by atoms with Gasteiger partial charge in [-0.2, -0.15) is 0 Å². The number of rotatable bonds is 1. The number of carbonyl (C=O) groups excluding carboxylic acids is 1. The smallest absolute Gasteiger partial charge is 0.307 e. The number of hydrogen-bond donors (Lipinski definition) is 1. The number of ketones is 1. The maximum atomic E-state index is 11.8. The summed E-state index contributed by atoms with van der Waals surface area (Å²) in [6, 6.07) is 0. The Hall–Kier alpha value is -0.860. The highest BCUT2D eigenvalue weighted by molar-refractivity contribution is 5.94. The summed E-state index contributed by atoms with van der Waals surface area (Å²) in [4.78, 5) is 23.0. The number of carbonyl (C=O) groups is 2. The van der Waals surface area contributed by atoms with Crippen LogP contribution in [0.2, 0.25) is 0 Å². The summed E-state index contributed by atoms with van der Waals surface area (Å²) < 4.78 is 0. The summed E-state index contributed by atoms with van der Waals surface area (Å²) in [6.07, 6.45) is 1.42. The van der Waals surface area contributed by atoms with E-state index < -0.39 is 17.3 Å². The molecule has 14 heavy (non-hydrogen) atoms. The van der Waals surface area contributed by atoms with Crippen molar-refractivity contribution in [3.63, 3.8) is 0 Å². The van der Waals surface area contributed by atoms with Crippen LogP contribution in [0.4, 0.5) is 0 Å². The number of Topliss-reactive ketones (excluding diaryl/α,β-unsaturated/α-hetero) is 1. The predicted molar refractivity (Wildman–Crippen MR) is 48.6 cm³/mol. The molecule has 4 rings (SSSR count). The molecule has 4 aliphatic rings. The van der Waals surface area contributed by atoms with E-state index in [1.54, 1.807) is 0 Å². The molecule has 4 aliphatic carbocycles. The van der Waals surface area contributed by atoms with Crippen molar-refractivity contribution in [3.05, 3.63) is 0 Å². The molecule has 0 amide bonds. The van der Waals surface area contributed by atoms with Gasteiger partial charge in [-0.25, -0.2) is 0 Å². The molecule has 0 aromatic rings. The van der Waals surface area contributed by atoms with Crippen LogP contribution in [0.25, 0.3) is 0 Å². The van der Waals surface area contributed by atoms with Gasteiger partial charge in [-0.1, -0.05) is 13.8 Å². The third-order valence-corrected chi connectivity index (χ3v) is 5.03. The van der Waals surface area contributed by atoms with E-state index in [0.717, 1.165) is 6.42 Å². The van der Waals surface area contributed by atoms with E-state index in [0.29, 0.717) is 12.3 Å². The largest absolute Gasteiger partial charge is 0.481 e. The molecule has 0 aromatic heterocycles. The van der Waals surface area contributed by atoms with Crippen molar-refractivity contribution >= 4 is 11.8 Å². The molecule has 0 heterocycles. The number of carboxylic acids is 1. The third-order valence-electron chi connectivity index (χ3n) is 5.03. The Balaban J connectivity index is 2.10. The van der Waals surface area contributed by atoms with Crippen molar-refractivity contribution in [1.82, 2.24) is 0 Å². The monoisotopic (exact) mass is 194 g/mol. The van der Waals surface area contributed by atoms with E-state index in [1.165, 1.54) is 0 Å². The molecule has 0 unspecified atom stereocenters. The third kappa shape index (κ3) is 0.615. The average Bonchev–Trinajstić information content (AvgIpc) is 2.52. The quantitative estimate of drug-likeness (QED) is 0.685. The van der Waals surface area contributed by atoms with Gasteiger partial charge in [0.1, 0.15) is 5.78 Å². The second-order valence-electron chi connectivity index (χ2n) is 5.68. The molecule has 3 heteroatoms. The molecule has 0 spiro atoms.